The molecule has 7 nitrogen and oxygen atoms in total. The third-order valence-electron chi connectivity index (χ3n) is 4.28. The third-order valence-corrected chi connectivity index (χ3v) is 4.28. The molecule has 2 aromatic rings. The van der Waals surface area contributed by atoms with Crippen LogP contribution in [0.5, 0.6) is 0 Å². The van der Waals surface area contributed by atoms with Crippen LogP contribution in [0.1, 0.15) is 24.6 Å². The average molecular weight is 388 g/mol. The molecule has 0 spiro atoms. The Hall–Kier alpha value is -2.38. The van der Waals surface area contributed by atoms with Crippen molar-refractivity contribution < 1.29 is 9.15 Å². The van der Waals surface area contributed by atoms with Gasteiger partial charge in [0.2, 0.25) is 5.89 Å². The number of oxazole rings is 1. The Morgan fingerprint density at radius 2 is 2.00 bits per heavy atom. The number of nitrogens with one attached hydrogen (secondary N) is 2. The molecule has 0 aliphatic heterocycles. The molecule has 2 N–H and O–H groups in total. The van der Waals surface area contributed by atoms with Gasteiger partial charge in [-0.3, -0.25) is 0 Å². The topological polar surface area (TPSA) is 74.9 Å². The van der Waals surface area contributed by atoms with Crippen LogP contribution in [0.25, 0.3) is 11.5 Å². The number of ether oxygens (including phenoxy) is 1. The molecule has 2 rings (SSSR count). The minimum absolute atomic E-state index is 0.471. The maximum Gasteiger partial charge on any atom is 0.226 e. The van der Waals surface area contributed by atoms with Crippen LogP contribution in [0.2, 0.25) is 0 Å². The molecule has 0 atom stereocenters. The van der Waals surface area contributed by atoms with Crippen LogP contribution in [-0.4, -0.2) is 62.8 Å². The van der Waals surface area contributed by atoms with Gasteiger partial charge < -0.3 is 24.7 Å². The van der Waals surface area contributed by atoms with Crippen LogP contribution in [0.3, 0.4) is 0 Å². The second-order valence-corrected chi connectivity index (χ2v) is 6.78. The first-order valence-electron chi connectivity index (χ1n) is 9.83. The smallest absolute Gasteiger partial charge is 0.226 e. The van der Waals surface area contributed by atoms with Crippen molar-refractivity contribution in [2.24, 2.45) is 4.99 Å². The van der Waals surface area contributed by atoms with Crippen LogP contribution >= 0.6 is 0 Å². The van der Waals surface area contributed by atoms with E-state index in [9.17, 15) is 0 Å². The molecule has 28 heavy (non-hydrogen) atoms. The lowest BCUT2D eigenvalue weighted by molar-refractivity contribution is 0.161. The van der Waals surface area contributed by atoms with E-state index >= 15 is 0 Å². The molecule has 0 aliphatic rings. The lowest BCUT2D eigenvalue weighted by atomic mass is 10.1. The van der Waals surface area contributed by atoms with Gasteiger partial charge in [0.05, 0.1) is 13.2 Å². The zero-order valence-corrected chi connectivity index (χ0v) is 17.5. The van der Waals surface area contributed by atoms with Gasteiger partial charge >= 0.3 is 0 Å². The Kier molecular flexibility index (Phi) is 9.51. The summed E-state index contributed by atoms with van der Waals surface area (Å²) in [4.78, 5) is 11.4. The summed E-state index contributed by atoms with van der Waals surface area (Å²) in [5.41, 5.74) is 3.00. The quantitative estimate of drug-likeness (QED) is 0.351. The molecule has 1 heterocycles. The van der Waals surface area contributed by atoms with Crippen molar-refractivity contribution in [2.75, 3.05) is 46.9 Å². The molecule has 0 saturated carbocycles. The third kappa shape index (κ3) is 7.70. The minimum Gasteiger partial charge on any atom is -0.444 e. The Labute approximate surface area is 168 Å². The van der Waals surface area contributed by atoms with Crippen LogP contribution < -0.4 is 10.6 Å². The maximum atomic E-state index is 5.60. The highest BCUT2D eigenvalue weighted by molar-refractivity contribution is 5.79. The van der Waals surface area contributed by atoms with Gasteiger partial charge in [-0.1, -0.05) is 17.7 Å². The number of guanidine groups is 1. The van der Waals surface area contributed by atoms with Crippen molar-refractivity contribution in [1.82, 2.24) is 20.5 Å². The van der Waals surface area contributed by atoms with Crippen molar-refractivity contribution in [1.29, 1.82) is 0 Å². The SMILES string of the molecule is CCNC(=NCc1coc(-c2ccc(C)cc2)n1)NCCCN(C)CCOC. The zero-order chi connectivity index (χ0) is 20.2. The average Bonchev–Trinajstić information content (AvgIpc) is 3.17. The van der Waals surface area contributed by atoms with Gasteiger partial charge in [-0.05, 0) is 46.0 Å². The van der Waals surface area contributed by atoms with Gasteiger partial charge in [0.25, 0.3) is 0 Å². The summed E-state index contributed by atoms with van der Waals surface area (Å²) < 4.78 is 10.7. The molecule has 0 bridgehead atoms. The van der Waals surface area contributed by atoms with Gasteiger partial charge in [-0.15, -0.1) is 0 Å². The number of benzene rings is 1. The van der Waals surface area contributed by atoms with Gasteiger partial charge in [-0.25, -0.2) is 9.98 Å². The first-order valence-corrected chi connectivity index (χ1v) is 9.83. The highest BCUT2D eigenvalue weighted by Gasteiger charge is 2.07. The number of aromatic nitrogens is 1. The predicted molar refractivity (Wildman–Crippen MR) is 113 cm³/mol. The van der Waals surface area contributed by atoms with Gasteiger partial charge in [0.1, 0.15) is 12.0 Å². The first-order chi connectivity index (χ1) is 13.6. The van der Waals surface area contributed by atoms with E-state index in [1.54, 1.807) is 13.4 Å². The van der Waals surface area contributed by atoms with Crippen LogP contribution in [-0.2, 0) is 11.3 Å². The summed E-state index contributed by atoms with van der Waals surface area (Å²) in [5, 5.41) is 6.64. The number of nitrogens with zero attached hydrogens (tertiary/aromatic N) is 3. The fraction of sp³-hybridized carbons (Fsp3) is 0.524. The normalized spacial score (nSPS) is 11.8. The van der Waals surface area contributed by atoms with E-state index in [-0.39, 0.29) is 0 Å². The predicted octanol–water partition coefficient (Wildman–Crippen LogP) is 2.67. The highest BCUT2D eigenvalue weighted by Crippen LogP contribution is 2.19. The molecule has 154 valence electrons. The number of aliphatic imine (C=N–C) groups is 1. The Morgan fingerprint density at radius 1 is 1.21 bits per heavy atom. The summed E-state index contributed by atoms with van der Waals surface area (Å²) >= 11 is 0. The summed E-state index contributed by atoms with van der Waals surface area (Å²) in [5.74, 6) is 1.42. The molecule has 0 aliphatic carbocycles. The number of aryl methyl sites for hydroxylation is 1. The van der Waals surface area contributed by atoms with E-state index < -0.39 is 0 Å². The second-order valence-electron chi connectivity index (χ2n) is 6.78. The number of hydrogen-bond acceptors (Lipinski definition) is 5. The van der Waals surface area contributed by atoms with E-state index in [4.69, 9.17) is 9.15 Å². The van der Waals surface area contributed by atoms with Gasteiger partial charge in [0, 0.05) is 32.3 Å². The largest absolute Gasteiger partial charge is 0.444 e. The van der Waals surface area contributed by atoms with Crippen molar-refractivity contribution in [3.05, 3.63) is 41.8 Å². The Balaban J connectivity index is 1.82. The molecule has 1 aromatic heterocycles. The highest BCUT2D eigenvalue weighted by atomic mass is 16.5. The first kappa shape index (κ1) is 21.9. The zero-order valence-electron chi connectivity index (χ0n) is 17.5. The van der Waals surface area contributed by atoms with E-state index in [0.29, 0.717) is 12.4 Å². The number of hydrogen-bond donors (Lipinski definition) is 2. The molecular formula is C21H33N5O2. The standard InChI is InChI=1S/C21H33N5O2/c1-5-22-21(23-11-6-12-26(3)13-14-27-4)24-15-19-16-28-20(25-19)18-9-7-17(2)8-10-18/h7-10,16H,5-6,11-15H2,1-4H3,(H2,22,23,24). The van der Waals surface area contributed by atoms with E-state index in [1.807, 2.05) is 12.1 Å². The minimum atomic E-state index is 0.471. The lowest BCUT2D eigenvalue weighted by Crippen LogP contribution is -2.38. The summed E-state index contributed by atoms with van der Waals surface area (Å²) in [7, 11) is 3.84. The summed E-state index contributed by atoms with van der Waals surface area (Å²) in [6.45, 7) is 8.98. The van der Waals surface area contributed by atoms with Crippen molar-refractivity contribution >= 4 is 5.96 Å². The van der Waals surface area contributed by atoms with Crippen molar-refractivity contribution in [3.8, 4) is 11.5 Å². The monoisotopic (exact) mass is 387 g/mol. The Bertz CT molecular complexity index is 712. The molecule has 0 unspecified atom stereocenters. The number of likely N-dealkylation sites (N-methyl/N-ethyl adjacent to an activating group) is 1. The van der Waals surface area contributed by atoms with Crippen LogP contribution in [0, 0.1) is 6.92 Å². The molecular weight excluding hydrogens is 354 g/mol. The fourth-order valence-electron chi connectivity index (χ4n) is 2.62. The molecule has 0 amide bonds. The number of rotatable bonds is 11. The van der Waals surface area contributed by atoms with Crippen LogP contribution in [0.4, 0.5) is 0 Å². The van der Waals surface area contributed by atoms with Crippen molar-refractivity contribution in [2.45, 2.75) is 26.8 Å². The lowest BCUT2D eigenvalue weighted by Gasteiger charge is -2.16. The molecule has 1 aromatic carbocycles. The molecule has 0 fully saturated rings. The van der Waals surface area contributed by atoms with Crippen LogP contribution in [0.15, 0.2) is 39.9 Å². The summed E-state index contributed by atoms with van der Waals surface area (Å²) in [6.07, 6.45) is 2.71. The molecule has 0 saturated heterocycles. The Morgan fingerprint density at radius 3 is 2.71 bits per heavy atom. The van der Waals surface area contributed by atoms with E-state index in [2.05, 4.69) is 58.5 Å². The fourth-order valence-corrected chi connectivity index (χ4v) is 2.62. The number of methoxy groups -OCH3 is 1. The van der Waals surface area contributed by atoms with Crippen molar-refractivity contribution in [3.63, 3.8) is 0 Å². The van der Waals surface area contributed by atoms with Gasteiger partial charge in [0.15, 0.2) is 5.96 Å². The molecule has 0 radical (unpaired) electrons. The van der Waals surface area contributed by atoms with E-state index in [0.717, 1.165) is 56.4 Å². The molecule has 7 heteroatoms. The second kappa shape index (κ2) is 12.2. The maximum absolute atomic E-state index is 5.60. The van der Waals surface area contributed by atoms with Gasteiger partial charge in [-0.2, -0.15) is 0 Å². The summed E-state index contributed by atoms with van der Waals surface area (Å²) in [6, 6.07) is 8.14. The van der Waals surface area contributed by atoms with E-state index in [1.165, 1.54) is 5.56 Å².